The maximum absolute atomic E-state index is 13.9. The number of carbonyl (C=O) groups is 1. The second-order valence-electron chi connectivity index (χ2n) is 9.26. The summed E-state index contributed by atoms with van der Waals surface area (Å²) in [6.07, 6.45) is 3.78. The van der Waals surface area contributed by atoms with Gasteiger partial charge in [0.15, 0.2) is 5.82 Å². The predicted molar refractivity (Wildman–Crippen MR) is 137 cm³/mol. The fourth-order valence-electron chi connectivity index (χ4n) is 4.91. The average Bonchev–Trinajstić information content (AvgIpc) is 2.85. The highest BCUT2D eigenvalue weighted by Gasteiger charge is 2.31. The SMILES string of the molecule is Cc1cc(F)ccc1-c1nc(NCCN2CCCCC2)nc2c1C(=O)NCN2c1ccccc1C. The first-order chi connectivity index (χ1) is 17.0. The number of aryl methyl sites for hydroxylation is 2. The molecule has 35 heavy (non-hydrogen) atoms. The van der Waals surface area contributed by atoms with E-state index in [-0.39, 0.29) is 11.7 Å². The van der Waals surface area contributed by atoms with Gasteiger partial charge in [-0.05, 0) is 75.2 Å². The number of anilines is 3. The third kappa shape index (κ3) is 4.84. The molecule has 3 heterocycles. The van der Waals surface area contributed by atoms with Crippen LogP contribution in [0.4, 0.5) is 21.8 Å². The van der Waals surface area contributed by atoms with Gasteiger partial charge >= 0.3 is 0 Å². The normalized spacial score (nSPS) is 16.1. The van der Waals surface area contributed by atoms with Crippen molar-refractivity contribution >= 4 is 23.4 Å². The minimum atomic E-state index is -0.319. The van der Waals surface area contributed by atoms with Gasteiger partial charge in [0, 0.05) is 24.3 Å². The Morgan fingerprint density at radius 1 is 1.03 bits per heavy atom. The number of benzene rings is 2. The highest BCUT2D eigenvalue weighted by molar-refractivity contribution is 6.07. The van der Waals surface area contributed by atoms with Gasteiger partial charge in [0.2, 0.25) is 5.95 Å². The Balaban J connectivity index is 1.57. The number of piperidine rings is 1. The zero-order chi connectivity index (χ0) is 24.4. The topological polar surface area (TPSA) is 73.4 Å². The lowest BCUT2D eigenvalue weighted by molar-refractivity contribution is 0.0949. The monoisotopic (exact) mass is 474 g/mol. The quantitative estimate of drug-likeness (QED) is 0.543. The summed E-state index contributed by atoms with van der Waals surface area (Å²) in [5.41, 5.74) is 4.37. The van der Waals surface area contributed by atoms with Crippen LogP contribution in [0.1, 0.15) is 40.7 Å². The van der Waals surface area contributed by atoms with Gasteiger partial charge in [-0.3, -0.25) is 4.79 Å². The lowest BCUT2D eigenvalue weighted by atomic mass is 9.99. The van der Waals surface area contributed by atoms with Crippen molar-refractivity contribution in [2.45, 2.75) is 33.1 Å². The Bertz CT molecular complexity index is 1240. The van der Waals surface area contributed by atoms with Crippen molar-refractivity contribution in [2.75, 3.05) is 43.1 Å². The number of fused-ring (bicyclic) bond motifs is 1. The number of carbonyl (C=O) groups excluding carboxylic acids is 1. The number of rotatable bonds is 6. The van der Waals surface area contributed by atoms with Gasteiger partial charge in [0.25, 0.3) is 5.91 Å². The molecule has 3 aromatic rings. The summed E-state index contributed by atoms with van der Waals surface area (Å²) in [5, 5.41) is 6.35. The van der Waals surface area contributed by atoms with Crippen LogP contribution in [0.5, 0.6) is 0 Å². The molecule has 0 aliphatic carbocycles. The Labute approximate surface area is 205 Å². The Hall–Kier alpha value is -3.52. The Morgan fingerprint density at radius 3 is 2.60 bits per heavy atom. The zero-order valence-electron chi connectivity index (χ0n) is 20.3. The molecule has 2 aromatic carbocycles. The van der Waals surface area contributed by atoms with Crippen molar-refractivity contribution in [1.29, 1.82) is 0 Å². The number of para-hydroxylation sites is 1. The van der Waals surface area contributed by atoms with Crippen molar-refractivity contribution in [1.82, 2.24) is 20.2 Å². The molecule has 0 saturated carbocycles. The number of nitrogens with zero attached hydrogens (tertiary/aromatic N) is 4. The number of hydrogen-bond donors (Lipinski definition) is 2. The van der Waals surface area contributed by atoms with E-state index in [4.69, 9.17) is 9.97 Å². The van der Waals surface area contributed by atoms with E-state index < -0.39 is 0 Å². The number of halogens is 1. The molecule has 8 heteroatoms. The molecule has 0 spiro atoms. The average molecular weight is 475 g/mol. The van der Waals surface area contributed by atoms with Crippen LogP contribution in [-0.4, -0.2) is 53.6 Å². The smallest absolute Gasteiger partial charge is 0.258 e. The van der Waals surface area contributed by atoms with Crippen LogP contribution in [-0.2, 0) is 0 Å². The van der Waals surface area contributed by atoms with Crippen LogP contribution >= 0.6 is 0 Å². The van der Waals surface area contributed by atoms with E-state index in [1.165, 1.54) is 31.4 Å². The van der Waals surface area contributed by atoms with Gasteiger partial charge in [0.1, 0.15) is 11.4 Å². The number of likely N-dealkylation sites (tertiary alicyclic amines) is 1. The third-order valence-corrected chi connectivity index (χ3v) is 6.78. The fraction of sp³-hybridized carbons (Fsp3) is 0.370. The first kappa shape index (κ1) is 23.2. The van der Waals surface area contributed by atoms with Crippen LogP contribution < -0.4 is 15.5 Å². The third-order valence-electron chi connectivity index (χ3n) is 6.78. The molecule has 7 nitrogen and oxygen atoms in total. The molecular formula is C27H31FN6O. The molecular weight excluding hydrogens is 443 g/mol. The van der Waals surface area contributed by atoms with Crippen LogP contribution in [0.15, 0.2) is 42.5 Å². The summed E-state index contributed by atoms with van der Waals surface area (Å²) < 4.78 is 13.9. The summed E-state index contributed by atoms with van der Waals surface area (Å²) in [6, 6.07) is 12.6. The number of hydrogen-bond acceptors (Lipinski definition) is 6. The summed E-state index contributed by atoms with van der Waals surface area (Å²) >= 11 is 0. The largest absolute Gasteiger partial charge is 0.353 e. The van der Waals surface area contributed by atoms with Crippen molar-refractivity contribution in [3.8, 4) is 11.3 Å². The van der Waals surface area contributed by atoms with E-state index in [9.17, 15) is 9.18 Å². The van der Waals surface area contributed by atoms with E-state index in [0.29, 0.717) is 47.4 Å². The molecule has 1 saturated heterocycles. The predicted octanol–water partition coefficient (Wildman–Crippen LogP) is 4.64. The van der Waals surface area contributed by atoms with Gasteiger partial charge in [0.05, 0.1) is 12.4 Å². The molecule has 1 amide bonds. The summed E-state index contributed by atoms with van der Waals surface area (Å²) in [4.78, 5) is 27.2. The van der Waals surface area contributed by atoms with E-state index in [1.54, 1.807) is 6.07 Å². The molecule has 0 unspecified atom stereocenters. The molecule has 2 aliphatic rings. The van der Waals surface area contributed by atoms with Crippen LogP contribution in [0.25, 0.3) is 11.3 Å². The summed E-state index contributed by atoms with van der Waals surface area (Å²) in [6.45, 7) is 8.03. The molecule has 0 bridgehead atoms. The maximum Gasteiger partial charge on any atom is 0.258 e. The standard InChI is InChI=1S/C27H31FN6O/c1-18-8-4-5-9-22(18)34-17-30-26(35)23-24(21-11-10-20(28)16-19(21)2)31-27(32-25(23)34)29-12-15-33-13-6-3-7-14-33/h4-5,8-11,16H,3,6-7,12-15,17H2,1-2H3,(H,30,35)(H,29,31,32). The molecule has 2 N–H and O–H groups in total. The minimum absolute atomic E-state index is 0.233. The molecule has 0 radical (unpaired) electrons. The molecule has 5 rings (SSSR count). The van der Waals surface area contributed by atoms with E-state index in [0.717, 1.165) is 30.9 Å². The highest BCUT2D eigenvalue weighted by atomic mass is 19.1. The van der Waals surface area contributed by atoms with E-state index >= 15 is 0 Å². The Morgan fingerprint density at radius 2 is 1.83 bits per heavy atom. The van der Waals surface area contributed by atoms with Crippen LogP contribution in [0.3, 0.4) is 0 Å². The van der Waals surface area contributed by atoms with E-state index in [1.807, 2.05) is 43.0 Å². The molecule has 1 fully saturated rings. The van der Waals surface area contributed by atoms with Gasteiger partial charge in [-0.25, -0.2) is 9.37 Å². The second kappa shape index (κ2) is 10.00. The summed E-state index contributed by atoms with van der Waals surface area (Å²) in [5.74, 6) is 0.466. The van der Waals surface area contributed by atoms with Crippen molar-refractivity contribution in [3.63, 3.8) is 0 Å². The summed E-state index contributed by atoms with van der Waals surface area (Å²) in [7, 11) is 0. The zero-order valence-corrected chi connectivity index (χ0v) is 20.3. The minimum Gasteiger partial charge on any atom is -0.353 e. The van der Waals surface area contributed by atoms with E-state index in [2.05, 4.69) is 15.5 Å². The molecule has 0 atom stereocenters. The van der Waals surface area contributed by atoms with Gasteiger partial charge in [-0.2, -0.15) is 4.98 Å². The lowest BCUT2D eigenvalue weighted by Gasteiger charge is -2.32. The van der Waals surface area contributed by atoms with Crippen LogP contribution in [0, 0.1) is 19.7 Å². The number of aromatic nitrogens is 2. The molecule has 182 valence electrons. The number of nitrogens with one attached hydrogen (secondary N) is 2. The Kier molecular flexibility index (Phi) is 6.63. The van der Waals surface area contributed by atoms with Crippen molar-refractivity contribution < 1.29 is 9.18 Å². The number of amides is 1. The van der Waals surface area contributed by atoms with Gasteiger partial charge in [-0.1, -0.05) is 24.6 Å². The maximum atomic E-state index is 13.9. The molecule has 2 aliphatic heterocycles. The fourth-order valence-corrected chi connectivity index (χ4v) is 4.91. The van der Waals surface area contributed by atoms with Gasteiger partial charge < -0.3 is 20.4 Å². The van der Waals surface area contributed by atoms with Crippen molar-refractivity contribution in [2.24, 2.45) is 0 Å². The highest BCUT2D eigenvalue weighted by Crippen LogP contribution is 2.37. The first-order valence-corrected chi connectivity index (χ1v) is 12.3. The first-order valence-electron chi connectivity index (χ1n) is 12.3. The second-order valence-corrected chi connectivity index (χ2v) is 9.26. The lowest BCUT2D eigenvalue weighted by Crippen LogP contribution is -2.42. The molecule has 1 aromatic heterocycles. The van der Waals surface area contributed by atoms with Crippen LogP contribution in [0.2, 0.25) is 0 Å². The van der Waals surface area contributed by atoms with Crippen molar-refractivity contribution in [3.05, 3.63) is 65.0 Å². The van der Waals surface area contributed by atoms with Gasteiger partial charge in [-0.15, -0.1) is 0 Å².